The second kappa shape index (κ2) is 9.11. The molecule has 0 aromatic carbocycles. The van der Waals surface area contributed by atoms with Crippen LogP contribution in [0, 0.1) is 5.92 Å². The minimum absolute atomic E-state index is 0.182. The second-order valence-electron chi connectivity index (χ2n) is 7.04. The summed E-state index contributed by atoms with van der Waals surface area (Å²) in [5, 5.41) is 4.85. The van der Waals surface area contributed by atoms with E-state index in [1.165, 1.54) is 0 Å². The molecule has 28 heavy (non-hydrogen) atoms. The lowest BCUT2D eigenvalue weighted by Gasteiger charge is -2.35. The van der Waals surface area contributed by atoms with Crippen molar-refractivity contribution in [2.75, 3.05) is 32.2 Å². The number of nitrogens with zero attached hydrogens (tertiary/aromatic N) is 2. The zero-order valence-electron chi connectivity index (χ0n) is 16.1. The molecule has 2 fully saturated rings. The highest BCUT2D eigenvalue weighted by Gasteiger charge is 2.29. The number of hydrogen-bond acceptors (Lipinski definition) is 7. The van der Waals surface area contributed by atoms with Crippen molar-refractivity contribution in [1.29, 1.82) is 0 Å². The number of amides is 3. The van der Waals surface area contributed by atoms with Gasteiger partial charge in [0, 0.05) is 39.6 Å². The molecule has 0 saturated carbocycles. The van der Waals surface area contributed by atoms with Crippen LogP contribution < -0.4 is 15.5 Å². The lowest BCUT2D eigenvalue weighted by atomic mass is 9.96. The van der Waals surface area contributed by atoms with Gasteiger partial charge in [-0.3, -0.25) is 19.7 Å². The molecule has 0 bridgehead atoms. The quantitative estimate of drug-likeness (QED) is 0.536. The molecule has 9 nitrogen and oxygen atoms in total. The summed E-state index contributed by atoms with van der Waals surface area (Å²) in [6.07, 6.45) is 3.90. The predicted molar refractivity (Wildman–Crippen MR) is 101 cm³/mol. The second-order valence-corrected chi connectivity index (χ2v) is 7.04. The molecule has 0 spiro atoms. The van der Waals surface area contributed by atoms with Gasteiger partial charge in [-0.05, 0) is 31.4 Å². The Morgan fingerprint density at radius 1 is 1.21 bits per heavy atom. The van der Waals surface area contributed by atoms with E-state index in [9.17, 15) is 14.4 Å². The predicted octanol–water partition coefficient (Wildman–Crippen LogP) is 0.452. The Morgan fingerprint density at radius 3 is 2.50 bits per heavy atom. The third-order valence-electron chi connectivity index (χ3n) is 5.28. The van der Waals surface area contributed by atoms with E-state index < -0.39 is 17.9 Å². The van der Waals surface area contributed by atoms with E-state index in [0.29, 0.717) is 12.3 Å². The highest BCUT2D eigenvalue weighted by molar-refractivity contribution is 6.03. The molecule has 1 aromatic heterocycles. The Labute approximate surface area is 163 Å². The number of nitrogens with one attached hydrogen (secondary N) is 2. The van der Waals surface area contributed by atoms with Gasteiger partial charge in [-0.2, -0.15) is 0 Å². The van der Waals surface area contributed by atoms with E-state index in [4.69, 9.17) is 9.47 Å². The van der Waals surface area contributed by atoms with Gasteiger partial charge in [0.1, 0.15) is 11.7 Å². The van der Waals surface area contributed by atoms with Crippen molar-refractivity contribution in [3.63, 3.8) is 0 Å². The maximum atomic E-state index is 12.3. The Hall–Kier alpha value is -2.52. The summed E-state index contributed by atoms with van der Waals surface area (Å²) in [6.45, 7) is 1.72. The van der Waals surface area contributed by atoms with E-state index in [0.717, 1.165) is 31.6 Å². The topological polar surface area (TPSA) is 110 Å². The van der Waals surface area contributed by atoms with E-state index in [2.05, 4.69) is 20.5 Å². The van der Waals surface area contributed by atoms with E-state index >= 15 is 0 Å². The Kier molecular flexibility index (Phi) is 6.58. The fraction of sp³-hybridized carbons (Fsp3) is 0.579. The number of aromatic nitrogens is 1. The molecule has 3 rings (SSSR count). The molecule has 9 heteroatoms. The fourth-order valence-electron chi connectivity index (χ4n) is 3.68. The number of carbonyl (C=O) groups is 3. The Balaban J connectivity index is 1.54. The molecule has 1 atom stereocenters. The molecule has 1 aromatic rings. The van der Waals surface area contributed by atoms with Gasteiger partial charge in [0.2, 0.25) is 11.8 Å². The average molecular weight is 390 g/mol. The van der Waals surface area contributed by atoms with Crippen molar-refractivity contribution in [2.24, 2.45) is 5.92 Å². The first-order chi connectivity index (χ1) is 13.5. The van der Waals surface area contributed by atoms with Crippen LogP contribution in [-0.2, 0) is 19.1 Å². The fourth-order valence-corrected chi connectivity index (χ4v) is 3.68. The molecule has 2 saturated heterocycles. The summed E-state index contributed by atoms with van der Waals surface area (Å²) in [5.74, 6) is -0.862. The van der Waals surface area contributed by atoms with Crippen LogP contribution in [0.1, 0.15) is 36.2 Å². The molecular weight excluding hydrogens is 364 g/mol. The SMILES string of the molecule is COC(OC)C1CCN(c2ccc(C(=O)N[C@H]3CCC(=O)NC3=O)nc2)CC1. The van der Waals surface area contributed by atoms with E-state index in [1.807, 2.05) is 6.07 Å². The molecule has 0 unspecified atom stereocenters. The maximum Gasteiger partial charge on any atom is 0.270 e. The number of rotatable bonds is 6. The lowest BCUT2D eigenvalue weighted by Crippen LogP contribution is -2.52. The van der Waals surface area contributed by atoms with Crippen LogP contribution >= 0.6 is 0 Å². The van der Waals surface area contributed by atoms with Gasteiger partial charge in [-0.15, -0.1) is 0 Å². The first kappa shape index (κ1) is 20.2. The van der Waals surface area contributed by atoms with Gasteiger partial charge in [-0.25, -0.2) is 4.98 Å². The van der Waals surface area contributed by atoms with Gasteiger partial charge in [-0.1, -0.05) is 0 Å². The number of carbonyl (C=O) groups excluding carboxylic acids is 3. The number of ether oxygens (including phenoxy) is 2. The minimum atomic E-state index is -0.708. The zero-order valence-corrected chi connectivity index (χ0v) is 16.1. The van der Waals surface area contributed by atoms with Crippen LogP contribution in [0.4, 0.5) is 5.69 Å². The first-order valence-electron chi connectivity index (χ1n) is 9.43. The smallest absolute Gasteiger partial charge is 0.270 e. The van der Waals surface area contributed by atoms with Crippen molar-refractivity contribution in [3.8, 4) is 0 Å². The zero-order chi connectivity index (χ0) is 20.1. The summed E-state index contributed by atoms with van der Waals surface area (Å²) in [7, 11) is 3.31. The van der Waals surface area contributed by atoms with Crippen molar-refractivity contribution in [2.45, 2.75) is 38.0 Å². The molecule has 3 amide bonds. The van der Waals surface area contributed by atoms with Crippen molar-refractivity contribution in [1.82, 2.24) is 15.6 Å². The highest BCUT2D eigenvalue weighted by atomic mass is 16.7. The molecule has 152 valence electrons. The molecule has 3 heterocycles. The summed E-state index contributed by atoms with van der Waals surface area (Å²) < 4.78 is 10.7. The van der Waals surface area contributed by atoms with Crippen LogP contribution in [0.25, 0.3) is 0 Å². The molecule has 2 N–H and O–H groups in total. The molecule has 0 radical (unpaired) electrons. The minimum Gasteiger partial charge on any atom is -0.370 e. The average Bonchev–Trinajstić information content (AvgIpc) is 2.71. The van der Waals surface area contributed by atoms with Crippen molar-refractivity contribution < 1.29 is 23.9 Å². The molecule has 2 aliphatic rings. The van der Waals surface area contributed by atoms with Crippen LogP contribution in [0.5, 0.6) is 0 Å². The summed E-state index contributed by atoms with van der Waals surface area (Å²) in [4.78, 5) is 41.7. The van der Waals surface area contributed by atoms with Gasteiger partial charge < -0.3 is 19.7 Å². The van der Waals surface area contributed by atoms with Gasteiger partial charge in [0.15, 0.2) is 6.29 Å². The standard InChI is InChI=1S/C19H26N4O5/c1-27-19(28-2)12-7-9-23(10-8-12)13-3-4-14(20-11-13)17(25)21-15-5-6-16(24)22-18(15)26/h3-4,11-12,15,19H,5-10H2,1-2H3,(H,21,25)(H,22,24,26)/t15-/m0/s1. The normalized spacial score (nSPS) is 21.0. The number of pyridine rings is 1. The van der Waals surface area contributed by atoms with Crippen molar-refractivity contribution in [3.05, 3.63) is 24.0 Å². The van der Waals surface area contributed by atoms with Gasteiger partial charge in [0.25, 0.3) is 5.91 Å². The number of methoxy groups -OCH3 is 2. The van der Waals surface area contributed by atoms with Crippen LogP contribution in [0.2, 0.25) is 0 Å². The van der Waals surface area contributed by atoms with Gasteiger partial charge in [0.05, 0.1) is 11.9 Å². The third kappa shape index (κ3) is 4.66. The maximum absolute atomic E-state index is 12.3. The van der Waals surface area contributed by atoms with Crippen LogP contribution in [-0.4, -0.2) is 62.3 Å². The van der Waals surface area contributed by atoms with E-state index in [-0.39, 0.29) is 24.3 Å². The lowest BCUT2D eigenvalue weighted by molar-refractivity contribution is -0.141. The van der Waals surface area contributed by atoms with E-state index in [1.54, 1.807) is 26.5 Å². The molecular formula is C19H26N4O5. The Bertz CT molecular complexity index is 712. The number of anilines is 1. The molecule has 0 aliphatic carbocycles. The summed E-state index contributed by atoms with van der Waals surface area (Å²) in [6, 6.07) is 2.80. The highest BCUT2D eigenvalue weighted by Crippen LogP contribution is 2.26. The first-order valence-corrected chi connectivity index (χ1v) is 9.43. The Morgan fingerprint density at radius 2 is 1.93 bits per heavy atom. The summed E-state index contributed by atoms with van der Waals surface area (Å²) in [5.41, 5.74) is 1.18. The molecule has 2 aliphatic heterocycles. The monoisotopic (exact) mass is 390 g/mol. The number of hydrogen-bond donors (Lipinski definition) is 2. The van der Waals surface area contributed by atoms with Crippen LogP contribution in [0.15, 0.2) is 18.3 Å². The largest absolute Gasteiger partial charge is 0.370 e. The van der Waals surface area contributed by atoms with Crippen molar-refractivity contribution >= 4 is 23.4 Å². The third-order valence-corrected chi connectivity index (χ3v) is 5.28. The summed E-state index contributed by atoms with van der Waals surface area (Å²) >= 11 is 0. The van der Waals surface area contributed by atoms with Gasteiger partial charge >= 0.3 is 0 Å². The number of imide groups is 1. The van der Waals surface area contributed by atoms with Crippen LogP contribution in [0.3, 0.4) is 0 Å². The number of piperidine rings is 2.